The standard InChI is InChI=1S/C30H49N3O5/c1-8-13-19-32(18-11-4)28(37)25-30-15-14-29(12-5,38-30)23(26(35)31(16-9-2)17-10-3)24(30)27(36)33(25)22(20-34)21(6)7/h9,11,21-25,34H,2,4,8,10,12-20H2,1,3,5-7H3/t22-,23-,24-,25?,29+,30?/m0/s1. The zero-order valence-corrected chi connectivity index (χ0v) is 24.2. The van der Waals surface area contributed by atoms with Crippen LogP contribution in [0.1, 0.15) is 73.1 Å². The average molecular weight is 532 g/mol. The molecule has 0 aromatic rings. The highest BCUT2D eigenvalue weighted by atomic mass is 16.5. The molecule has 0 aromatic heterocycles. The van der Waals surface area contributed by atoms with Gasteiger partial charge in [-0.15, -0.1) is 13.2 Å². The molecule has 0 radical (unpaired) electrons. The quantitative estimate of drug-likeness (QED) is 0.327. The van der Waals surface area contributed by atoms with E-state index in [-0.39, 0.29) is 30.2 Å². The van der Waals surface area contributed by atoms with Crippen molar-refractivity contribution in [2.45, 2.75) is 96.4 Å². The predicted octanol–water partition coefficient (Wildman–Crippen LogP) is 3.40. The smallest absolute Gasteiger partial charge is 0.248 e. The maximum absolute atomic E-state index is 14.5. The molecule has 2 bridgehead atoms. The summed E-state index contributed by atoms with van der Waals surface area (Å²) >= 11 is 0. The number of aliphatic hydroxyl groups excluding tert-OH is 1. The van der Waals surface area contributed by atoms with Crippen LogP contribution in [0, 0.1) is 17.8 Å². The fourth-order valence-corrected chi connectivity index (χ4v) is 7.17. The molecular weight excluding hydrogens is 482 g/mol. The van der Waals surface area contributed by atoms with Crippen LogP contribution < -0.4 is 0 Å². The van der Waals surface area contributed by atoms with Gasteiger partial charge < -0.3 is 24.5 Å². The van der Waals surface area contributed by atoms with Crippen LogP contribution >= 0.6 is 0 Å². The molecule has 2 unspecified atom stereocenters. The summed E-state index contributed by atoms with van der Waals surface area (Å²) in [7, 11) is 0. The number of amides is 3. The van der Waals surface area contributed by atoms with Crippen LogP contribution in [0.3, 0.4) is 0 Å². The van der Waals surface area contributed by atoms with Crippen LogP contribution in [-0.2, 0) is 19.1 Å². The Balaban J connectivity index is 2.17. The first-order chi connectivity index (χ1) is 18.1. The number of fused-ring (bicyclic) bond motifs is 1. The Morgan fingerprint density at radius 1 is 1.08 bits per heavy atom. The van der Waals surface area contributed by atoms with Gasteiger partial charge in [0.1, 0.15) is 11.6 Å². The van der Waals surface area contributed by atoms with Crippen molar-refractivity contribution in [1.29, 1.82) is 0 Å². The molecule has 1 N–H and O–H groups in total. The number of likely N-dealkylation sites (tertiary alicyclic amines) is 1. The molecule has 3 amide bonds. The summed E-state index contributed by atoms with van der Waals surface area (Å²) in [4.78, 5) is 48.1. The van der Waals surface area contributed by atoms with Crippen molar-refractivity contribution < 1.29 is 24.2 Å². The first-order valence-corrected chi connectivity index (χ1v) is 14.6. The van der Waals surface area contributed by atoms with E-state index in [2.05, 4.69) is 20.1 Å². The SMILES string of the molecule is C=CCN(CCCC)C(=O)C1N([C@@H](CO)C(C)C)C(=O)[C@@H]2[C@@H](C(=O)N(CC=C)CCC)[C@@]3(CC)CCC12O3. The van der Waals surface area contributed by atoms with Gasteiger partial charge in [-0.25, -0.2) is 0 Å². The van der Waals surface area contributed by atoms with E-state index < -0.39 is 35.1 Å². The van der Waals surface area contributed by atoms with E-state index >= 15 is 0 Å². The number of hydrogen-bond donors (Lipinski definition) is 1. The van der Waals surface area contributed by atoms with Gasteiger partial charge in [0.15, 0.2) is 0 Å². The van der Waals surface area contributed by atoms with Crippen LogP contribution in [0.25, 0.3) is 0 Å². The first-order valence-electron chi connectivity index (χ1n) is 14.6. The third-order valence-electron chi connectivity index (χ3n) is 9.03. The lowest BCUT2D eigenvalue weighted by atomic mass is 9.64. The Hall–Kier alpha value is -2.19. The average Bonchev–Trinajstić information content (AvgIpc) is 3.50. The van der Waals surface area contributed by atoms with Gasteiger partial charge in [-0.05, 0) is 38.0 Å². The van der Waals surface area contributed by atoms with E-state index in [1.165, 1.54) is 0 Å². The van der Waals surface area contributed by atoms with Gasteiger partial charge in [0.25, 0.3) is 0 Å². The summed E-state index contributed by atoms with van der Waals surface area (Å²) in [6, 6.07) is -1.44. The second-order valence-corrected chi connectivity index (χ2v) is 11.6. The van der Waals surface area contributed by atoms with Crippen molar-refractivity contribution in [1.82, 2.24) is 14.7 Å². The van der Waals surface area contributed by atoms with Gasteiger partial charge in [0, 0.05) is 26.2 Å². The second-order valence-electron chi connectivity index (χ2n) is 11.6. The van der Waals surface area contributed by atoms with Crippen LogP contribution in [0.5, 0.6) is 0 Å². The lowest BCUT2D eigenvalue weighted by Crippen LogP contribution is -2.59. The lowest BCUT2D eigenvalue weighted by molar-refractivity contribution is -0.159. The molecule has 3 rings (SSSR count). The Labute approximate surface area is 229 Å². The first kappa shape index (κ1) is 30.4. The van der Waals surface area contributed by atoms with Crippen molar-refractivity contribution in [2.24, 2.45) is 17.8 Å². The summed E-state index contributed by atoms with van der Waals surface area (Å²) in [6.45, 7) is 19.3. The molecule has 0 saturated carbocycles. The summed E-state index contributed by atoms with van der Waals surface area (Å²) in [5, 5.41) is 10.4. The normalized spacial score (nSPS) is 30.4. The van der Waals surface area contributed by atoms with Crippen molar-refractivity contribution in [3.05, 3.63) is 25.3 Å². The Kier molecular flexibility index (Phi) is 9.85. The number of ether oxygens (including phenoxy) is 1. The third-order valence-corrected chi connectivity index (χ3v) is 9.03. The van der Waals surface area contributed by atoms with Gasteiger partial charge in [-0.1, -0.05) is 53.2 Å². The molecular formula is C30H49N3O5. The molecule has 3 saturated heterocycles. The van der Waals surface area contributed by atoms with Gasteiger partial charge in [-0.2, -0.15) is 0 Å². The molecule has 3 heterocycles. The van der Waals surface area contributed by atoms with Crippen LogP contribution in [0.15, 0.2) is 25.3 Å². The number of hydrogen-bond acceptors (Lipinski definition) is 5. The Morgan fingerprint density at radius 2 is 1.71 bits per heavy atom. The van der Waals surface area contributed by atoms with Crippen molar-refractivity contribution in [3.8, 4) is 0 Å². The molecule has 3 aliphatic heterocycles. The van der Waals surface area contributed by atoms with Crippen molar-refractivity contribution in [2.75, 3.05) is 32.8 Å². The molecule has 8 nitrogen and oxygen atoms in total. The maximum atomic E-state index is 14.5. The zero-order chi connectivity index (χ0) is 28.3. The highest BCUT2D eigenvalue weighted by Crippen LogP contribution is 2.65. The highest BCUT2D eigenvalue weighted by Gasteiger charge is 2.79. The number of carbonyl (C=O) groups excluding carboxylic acids is 3. The van der Waals surface area contributed by atoms with E-state index in [0.29, 0.717) is 45.4 Å². The molecule has 8 heteroatoms. The highest BCUT2D eigenvalue weighted by molar-refractivity contribution is 5.99. The fraction of sp³-hybridized carbons (Fsp3) is 0.767. The lowest BCUT2D eigenvalue weighted by Gasteiger charge is -2.40. The van der Waals surface area contributed by atoms with Crippen molar-refractivity contribution >= 4 is 17.7 Å². The minimum absolute atomic E-state index is 0.0817. The minimum atomic E-state index is -1.09. The van der Waals surface area contributed by atoms with E-state index in [9.17, 15) is 19.5 Å². The van der Waals surface area contributed by atoms with Crippen LogP contribution in [0.4, 0.5) is 0 Å². The molecule has 6 atom stereocenters. The van der Waals surface area contributed by atoms with Gasteiger partial charge in [0.2, 0.25) is 17.7 Å². The minimum Gasteiger partial charge on any atom is -0.394 e. The van der Waals surface area contributed by atoms with E-state index in [4.69, 9.17) is 4.74 Å². The van der Waals surface area contributed by atoms with E-state index in [1.54, 1.807) is 26.9 Å². The number of rotatable bonds is 15. The second kappa shape index (κ2) is 12.3. The molecule has 0 aliphatic carbocycles. The van der Waals surface area contributed by atoms with Crippen LogP contribution in [0.2, 0.25) is 0 Å². The number of unbranched alkanes of at least 4 members (excludes halogenated alkanes) is 1. The molecule has 1 spiro atoms. The molecule has 3 aliphatic rings. The summed E-state index contributed by atoms with van der Waals surface area (Å²) < 4.78 is 6.91. The Bertz CT molecular complexity index is 906. The maximum Gasteiger partial charge on any atom is 0.248 e. The summed E-state index contributed by atoms with van der Waals surface area (Å²) in [6.07, 6.45) is 7.72. The topological polar surface area (TPSA) is 90.4 Å². The number of carbonyl (C=O) groups is 3. The van der Waals surface area contributed by atoms with E-state index in [0.717, 1.165) is 19.3 Å². The summed E-state index contributed by atoms with van der Waals surface area (Å²) in [5.74, 6) is -2.03. The predicted molar refractivity (Wildman–Crippen MR) is 148 cm³/mol. The fourth-order valence-electron chi connectivity index (χ4n) is 7.17. The molecule has 214 valence electrons. The van der Waals surface area contributed by atoms with Crippen molar-refractivity contribution in [3.63, 3.8) is 0 Å². The van der Waals surface area contributed by atoms with Gasteiger partial charge >= 0.3 is 0 Å². The number of aliphatic hydroxyl groups is 1. The number of nitrogens with zero attached hydrogens (tertiary/aromatic N) is 3. The van der Waals surface area contributed by atoms with E-state index in [1.807, 2.05) is 27.7 Å². The largest absolute Gasteiger partial charge is 0.394 e. The van der Waals surface area contributed by atoms with Crippen LogP contribution in [-0.4, -0.2) is 93.6 Å². The zero-order valence-electron chi connectivity index (χ0n) is 24.2. The Morgan fingerprint density at radius 3 is 2.21 bits per heavy atom. The summed E-state index contributed by atoms with van der Waals surface area (Å²) in [5.41, 5.74) is -1.88. The monoisotopic (exact) mass is 531 g/mol. The third kappa shape index (κ3) is 4.83. The molecule has 0 aromatic carbocycles. The molecule has 3 fully saturated rings. The molecule has 38 heavy (non-hydrogen) atoms. The van der Waals surface area contributed by atoms with Gasteiger partial charge in [-0.3, -0.25) is 14.4 Å². The van der Waals surface area contributed by atoms with Gasteiger partial charge in [0.05, 0.1) is 30.1 Å².